The van der Waals surface area contributed by atoms with E-state index in [1.165, 1.54) is 10.8 Å². The Morgan fingerprint density at radius 1 is 1.24 bits per heavy atom. The Kier molecular flexibility index (Phi) is 3.81. The molecule has 0 atom stereocenters. The van der Waals surface area contributed by atoms with Gasteiger partial charge in [-0.25, -0.2) is 3.93 Å². The van der Waals surface area contributed by atoms with E-state index in [9.17, 15) is 9.59 Å². The lowest BCUT2D eigenvalue weighted by atomic mass is 10.0. The number of para-hydroxylation sites is 1. The summed E-state index contributed by atoms with van der Waals surface area (Å²) in [5.41, 5.74) is 5.59. The number of ketones is 1. The van der Waals surface area contributed by atoms with Crippen molar-refractivity contribution in [2.45, 2.75) is 13.3 Å². The molecule has 124 valence electrons. The number of H-pyrrole nitrogens is 1. The van der Waals surface area contributed by atoms with E-state index in [4.69, 9.17) is 0 Å². The number of rotatable bonds is 2. The Bertz CT molecular complexity index is 1050. The van der Waals surface area contributed by atoms with Gasteiger partial charge >= 0.3 is 0 Å². The van der Waals surface area contributed by atoms with Crippen LogP contribution in [0.4, 0.5) is 5.69 Å². The van der Waals surface area contributed by atoms with Crippen LogP contribution < -0.4 is 3.93 Å². The number of benzene rings is 2. The molecule has 4 nitrogen and oxygen atoms in total. The van der Waals surface area contributed by atoms with Gasteiger partial charge in [-0.1, -0.05) is 30.3 Å². The number of allylic oxidation sites excluding steroid dienone is 1. The highest BCUT2D eigenvalue weighted by Crippen LogP contribution is 2.41. The molecule has 1 aliphatic heterocycles. The van der Waals surface area contributed by atoms with Gasteiger partial charge in [-0.15, -0.1) is 0 Å². The van der Waals surface area contributed by atoms with Crippen molar-refractivity contribution in [2.75, 3.05) is 3.93 Å². The number of carbonyl (C=O) groups excluding carboxylic acids is 2. The van der Waals surface area contributed by atoms with Crippen LogP contribution in [-0.4, -0.2) is 16.7 Å². The highest BCUT2D eigenvalue weighted by atomic mass is 79.9. The molecular formula is C20H15BrN2O2. The minimum absolute atomic E-state index is 0.00135. The third kappa shape index (κ3) is 2.70. The number of aromatic amines is 1. The molecule has 1 N–H and O–H groups in total. The van der Waals surface area contributed by atoms with Crippen LogP contribution in [0.25, 0.3) is 28.2 Å². The predicted molar refractivity (Wildman–Crippen MR) is 104 cm³/mol. The summed E-state index contributed by atoms with van der Waals surface area (Å²) in [5.74, 6) is -0.0182. The van der Waals surface area contributed by atoms with Crippen LogP contribution in [0, 0.1) is 0 Å². The maximum Gasteiger partial charge on any atom is 0.241 e. The standard InChI is InChI=1S/C20H15BrN2O2/c1-12(24)6-7-13-8-9-18-16(10-13)20-15(11-19(25)23(18)21)14-4-2-3-5-17(14)22-20/h2-10,22H,11H2,1H3. The van der Waals surface area contributed by atoms with Crippen molar-refractivity contribution < 1.29 is 9.59 Å². The summed E-state index contributed by atoms with van der Waals surface area (Å²) in [6.45, 7) is 1.52. The maximum atomic E-state index is 12.6. The van der Waals surface area contributed by atoms with Crippen molar-refractivity contribution in [3.05, 3.63) is 59.7 Å². The zero-order chi connectivity index (χ0) is 17.6. The summed E-state index contributed by atoms with van der Waals surface area (Å²) in [6, 6.07) is 13.8. The van der Waals surface area contributed by atoms with Crippen LogP contribution in [0.5, 0.6) is 0 Å². The van der Waals surface area contributed by atoms with Crippen LogP contribution in [0.15, 0.2) is 48.5 Å². The molecule has 1 aliphatic rings. The molecule has 3 aromatic rings. The molecule has 0 unspecified atom stereocenters. The summed E-state index contributed by atoms with van der Waals surface area (Å²) < 4.78 is 1.52. The summed E-state index contributed by atoms with van der Waals surface area (Å²) >= 11 is 3.39. The monoisotopic (exact) mass is 394 g/mol. The summed E-state index contributed by atoms with van der Waals surface area (Å²) in [4.78, 5) is 27.3. The smallest absolute Gasteiger partial charge is 0.241 e. The second-order valence-corrected chi connectivity index (χ2v) is 6.81. The van der Waals surface area contributed by atoms with Gasteiger partial charge in [0.1, 0.15) is 0 Å². The number of carbonyl (C=O) groups is 2. The van der Waals surface area contributed by atoms with Crippen LogP contribution in [0.2, 0.25) is 0 Å². The van der Waals surface area contributed by atoms with Gasteiger partial charge in [0.2, 0.25) is 5.91 Å². The Hall–Kier alpha value is -2.66. The van der Waals surface area contributed by atoms with Gasteiger partial charge in [0.25, 0.3) is 0 Å². The van der Waals surface area contributed by atoms with Crippen molar-refractivity contribution >= 4 is 50.5 Å². The summed E-state index contributed by atoms with van der Waals surface area (Å²) in [6.07, 6.45) is 3.65. The average Bonchev–Trinajstić information content (AvgIpc) is 2.93. The number of amides is 1. The second kappa shape index (κ2) is 6.01. The van der Waals surface area contributed by atoms with E-state index in [1.54, 1.807) is 12.2 Å². The zero-order valence-electron chi connectivity index (χ0n) is 13.5. The van der Waals surface area contributed by atoms with Gasteiger partial charge in [-0.05, 0) is 42.3 Å². The molecule has 0 fully saturated rings. The van der Waals surface area contributed by atoms with Crippen molar-refractivity contribution in [3.8, 4) is 11.3 Å². The highest BCUT2D eigenvalue weighted by Gasteiger charge is 2.27. The third-order valence-corrected chi connectivity index (χ3v) is 5.15. The van der Waals surface area contributed by atoms with E-state index < -0.39 is 0 Å². The number of fused-ring (bicyclic) bond motifs is 5. The molecule has 1 aromatic heterocycles. The first-order valence-electron chi connectivity index (χ1n) is 7.96. The molecule has 0 saturated heterocycles. The number of hydrogen-bond donors (Lipinski definition) is 1. The van der Waals surface area contributed by atoms with E-state index in [0.717, 1.165) is 39.0 Å². The fraction of sp³-hybridized carbons (Fsp3) is 0.100. The number of aromatic nitrogens is 1. The first-order chi connectivity index (χ1) is 12.0. The molecule has 2 heterocycles. The lowest BCUT2D eigenvalue weighted by molar-refractivity contribution is -0.116. The number of hydrogen-bond acceptors (Lipinski definition) is 2. The Labute approximate surface area is 153 Å². The van der Waals surface area contributed by atoms with E-state index in [1.807, 2.05) is 42.5 Å². The van der Waals surface area contributed by atoms with E-state index >= 15 is 0 Å². The van der Waals surface area contributed by atoms with Crippen molar-refractivity contribution in [1.82, 2.24) is 4.98 Å². The van der Waals surface area contributed by atoms with E-state index in [-0.39, 0.29) is 11.7 Å². The second-order valence-electron chi connectivity index (χ2n) is 6.10. The van der Waals surface area contributed by atoms with Gasteiger partial charge in [0, 0.05) is 16.5 Å². The molecule has 4 rings (SSSR count). The van der Waals surface area contributed by atoms with Gasteiger partial charge in [0.15, 0.2) is 5.78 Å². The largest absolute Gasteiger partial charge is 0.354 e. The quantitative estimate of drug-likeness (QED) is 0.508. The molecule has 5 heteroatoms. The Morgan fingerprint density at radius 2 is 2.04 bits per heavy atom. The molecule has 0 bridgehead atoms. The fourth-order valence-corrected chi connectivity index (χ4v) is 3.65. The molecule has 0 aliphatic carbocycles. The minimum atomic E-state index is -0.0169. The Morgan fingerprint density at radius 3 is 2.84 bits per heavy atom. The summed E-state index contributed by atoms with van der Waals surface area (Å²) in [5, 5.41) is 1.06. The van der Waals surface area contributed by atoms with Gasteiger partial charge in [-0.3, -0.25) is 9.59 Å². The molecule has 1 amide bonds. The first-order valence-corrected chi connectivity index (χ1v) is 8.67. The molecule has 2 aromatic carbocycles. The number of nitrogens with one attached hydrogen (secondary N) is 1. The maximum absolute atomic E-state index is 12.6. The average molecular weight is 395 g/mol. The zero-order valence-corrected chi connectivity index (χ0v) is 15.1. The minimum Gasteiger partial charge on any atom is -0.354 e. The van der Waals surface area contributed by atoms with Gasteiger partial charge in [-0.2, -0.15) is 0 Å². The lowest BCUT2D eigenvalue weighted by Gasteiger charge is -2.15. The predicted octanol–water partition coefficient (Wildman–Crippen LogP) is 4.64. The number of anilines is 1. The SMILES string of the molecule is CC(=O)C=Cc1ccc2c(c1)-c1[nH]c3ccccc3c1CC(=O)N2Br. The fourth-order valence-electron chi connectivity index (χ4n) is 3.21. The molecule has 0 spiro atoms. The molecule has 0 saturated carbocycles. The van der Waals surface area contributed by atoms with Crippen LogP contribution >= 0.6 is 16.1 Å². The van der Waals surface area contributed by atoms with Crippen LogP contribution in [0.1, 0.15) is 18.1 Å². The molecule has 0 radical (unpaired) electrons. The normalized spacial score (nSPS) is 13.8. The van der Waals surface area contributed by atoms with Crippen LogP contribution in [-0.2, 0) is 16.0 Å². The van der Waals surface area contributed by atoms with Crippen LogP contribution in [0.3, 0.4) is 0 Å². The van der Waals surface area contributed by atoms with E-state index in [0.29, 0.717) is 6.42 Å². The Balaban J connectivity index is 1.98. The van der Waals surface area contributed by atoms with E-state index in [2.05, 4.69) is 21.1 Å². The van der Waals surface area contributed by atoms with Gasteiger partial charge in [0.05, 0.1) is 33.9 Å². The highest BCUT2D eigenvalue weighted by molar-refractivity contribution is 9.10. The van der Waals surface area contributed by atoms with Crippen molar-refractivity contribution in [1.29, 1.82) is 0 Å². The summed E-state index contributed by atoms with van der Waals surface area (Å²) in [7, 11) is 0. The van der Waals surface area contributed by atoms with Gasteiger partial charge < -0.3 is 4.98 Å². The topological polar surface area (TPSA) is 53.2 Å². The van der Waals surface area contributed by atoms with Crippen molar-refractivity contribution in [2.24, 2.45) is 0 Å². The molecule has 25 heavy (non-hydrogen) atoms. The third-order valence-electron chi connectivity index (χ3n) is 4.37. The number of halogens is 1. The van der Waals surface area contributed by atoms with Crippen molar-refractivity contribution in [3.63, 3.8) is 0 Å². The molecular weight excluding hydrogens is 380 g/mol. The first kappa shape index (κ1) is 15.8. The lowest BCUT2D eigenvalue weighted by Crippen LogP contribution is -2.20. The number of nitrogens with zero attached hydrogens (tertiary/aromatic N) is 1.